The lowest BCUT2D eigenvalue weighted by Crippen LogP contribution is -2.73. The van der Waals surface area contributed by atoms with Gasteiger partial charge in [0.15, 0.2) is 22.5 Å². The smallest absolute Gasteiger partial charge is 0.381 e. The Morgan fingerprint density at radius 2 is 0.906 bits per heavy atom. The van der Waals surface area contributed by atoms with Crippen LogP contribution in [-0.4, -0.2) is 85.5 Å². The average Bonchev–Trinajstić information content (AvgIpc) is 4.05. The van der Waals surface area contributed by atoms with Gasteiger partial charge in [-0.25, -0.2) is 28.7 Å². The van der Waals surface area contributed by atoms with E-state index in [-0.39, 0.29) is 38.8 Å². The van der Waals surface area contributed by atoms with E-state index in [1.54, 1.807) is 24.8 Å². The van der Waals surface area contributed by atoms with E-state index in [9.17, 15) is 0 Å². The maximum atomic E-state index is 6.71. The Kier molecular flexibility index (Phi) is 7.56. The maximum absolute atomic E-state index is 6.71. The van der Waals surface area contributed by atoms with E-state index in [0.717, 1.165) is 44.5 Å². The molecule has 8 aromatic rings. The molecule has 2 aromatic carbocycles. The predicted molar refractivity (Wildman–Crippen MR) is 255 cm³/mol. The van der Waals surface area contributed by atoms with Crippen LogP contribution in [0.5, 0.6) is 0 Å². The van der Waals surface area contributed by atoms with E-state index in [2.05, 4.69) is 190 Å². The number of rotatable bonds is 2. The Labute approximate surface area is 369 Å². The summed E-state index contributed by atoms with van der Waals surface area (Å²) in [6, 6.07) is 8.71. The zero-order valence-electron chi connectivity index (χ0n) is 36.2. The quantitative estimate of drug-likeness (QED) is 0.157. The van der Waals surface area contributed by atoms with Crippen molar-refractivity contribution in [2.24, 2.45) is 0 Å². The summed E-state index contributed by atoms with van der Waals surface area (Å²) in [5.74, 6) is 10.3. The standard InChI is InChI=1S/C46H40B4N12O2/c1-45(2,3)31-11-13-33-37(63-43-55-39-41(61(33)43)53-21-19-51-39)35(31)29-15-25-59-48-18-8-10-24-58(48)50-28-30(16-26-60(50)47-17-7-9-23-57(47)49(59)27-29)36-32(46(4,5)6)12-14-34-38(36)64-44-56-40-42(62(34)44)54-22-20-52-40/h7-28H,1-6H3. The molecule has 0 saturated carbocycles. The van der Waals surface area contributed by atoms with E-state index < -0.39 is 0 Å². The molecule has 18 heteroatoms. The zero-order chi connectivity index (χ0) is 43.2. The van der Waals surface area contributed by atoms with Gasteiger partial charge in [-0.3, -0.25) is 0 Å². The SMILES string of the molecule is CC(C)(C)c1ccc2c(oc3nc4nccnc4n32)c1C1=CB2N3C=CC=CB3N3C=CC(c4c(C(C)(C)C)ccc5c4oc4nc6nccnc6n45)=CB3N3C=CC=CB3N2C=C1. The van der Waals surface area contributed by atoms with Crippen molar-refractivity contribution in [3.05, 3.63) is 156 Å². The highest BCUT2D eigenvalue weighted by molar-refractivity contribution is 6.92. The van der Waals surface area contributed by atoms with E-state index in [0.29, 0.717) is 34.3 Å². The van der Waals surface area contributed by atoms with Crippen molar-refractivity contribution in [2.45, 2.75) is 52.4 Å². The summed E-state index contributed by atoms with van der Waals surface area (Å²) in [6.45, 7) is 12.9. The lowest BCUT2D eigenvalue weighted by Gasteiger charge is -2.53. The van der Waals surface area contributed by atoms with Crippen molar-refractivity contribution in [1.29, 1.82) is 0 Å². The van der Waals surface area contributed by atoms with Crippen LogP contribution in [0.1, 0.15) is 63.8 Å². The molecule has 0 unspecified atom stereocenters. The van der Waals surface area contributed by atoms with Gasteiger partial charge >= 0.3 is 39.6 Å². The minimum absolute atomic E-state index is 0.134. The molecule has 308 valence electrons. The molecule has 11 heterocycles. The summed E-state index contributed by atoms with van der Waals surface area (Å²) in [6.07, 6.45) is 28.7. The third-order valence-corrected chi connectivity index (χ3v) is 13.1. The molecule has 6 aromatic heterocycles. The minimum atomic E-state index is -0.189. The van der Waals surface area contributed by atoms with Crippen LogP contribution in [0.25, 0.3) is 67.6 Å². The molecular formula is C46H40B4N12O2. The lowest BCUT2D eigenvalue weighted by molar-refractivity contribution is 0.584. The van der Waals surface area contributed by atoms with Gasteiger partial charge in [0.05, 0.1) is 11.0 Å². The van der Waals surface area contributed by atoms with Gasteiger partial charge < -0.3 is 27.7 Å². The largest absolute Gasteiger partial charge is 0.423 e. The molecule has 13 rings (SSSR count). The molecule has 0 atom stereocenters. The zero-order valence-corrected chi connectivity index (χ0v) is 36.2. The van der Waals surface area contributed by atoms with Gasteiger partial charge in [0.1, 0.15) is 0 Å². The molecule has 0 radical (unpaired) electrons. The number of oxazole rings is 2. The molecule has 0 bridgehead atoms. The van der Waals surface area contributed by atoms with E-state index in [4.69, 9.17) is 18.8 Å². The second-order valence-electron chi connectivity index (χ2n) is 19.0. The minimum Gasteiger partial charge on any atom is -0.423 e. The first-order valence-corrected chi connectivity index (χ1v) is 21.7. The van der Waals surface area contributed by atoms with Crippen molar-refractivity contribution in [3.63, 3.8) is 0 Å². The van der Waals surface area contributed by atoms with Crippen LogP contribution in [0.15, 0.2) is 143 Å². The number of imidazole rings is 2. The molecule has 5 aliphatic rings. The fraction of sp³-hybridized carbons (Fsp3) is 0.174. The third kappa shape index (κ3) is 5.25. The topological polar surface area (TPSA) is 125 Å². The second-order valence-corrected chi connectivity index (χ2v) is 19.0. The maximum Gasteiger partial charge on any atom is 0.381 e. The van der Waals surface area contributed by atoms with E-state index in [1.165, 1.54) is 11.1 Å². The summed E-state index contributed by atoms with van der Waals surface area (Å²) in [5.41, 5.74) is 12.1. The van der Waals surface area contributed by atoms with Crippen LogP contribution in [0.4, 0.5) is 0 Å². The van der Waals surface area contributed by atoms with Crippen LogP contribution < -0.4 is 0 Å². The van der Waals surface area contributed by atoms with Crippen LogP contribution in [0.3, 0.4) is 0 Å². The van der Waals surface area contributed by atoms with Crippen LogP contribution in [-0.2, 0) is 10.8 Å². The first-order chi connectivity index (χ1) is 31.0. The Balaban J connectivity index is 0.962. The fourth-order valence-corrected chi connectivity index (χ4v) is 10.3. The number of fused-ring (bicyclic) bond motifs is 18. The molecular weight excluding hydrogens is 796 g/mol. The second kappa shape index (κ2) is 13.0. The van der Waals surface area contributed by atoms with Crippen molar-refractivity contribution >= 4 is 95.6 Å². The monoisotopic (exact) mass is 836 g/mol. The summed E-state index contributed by atoms with van der Waals surface area (Å²) in [4.78, 5) is 27.6. The predicted octanol–water partition coefficient (Wildman–Crippen LogP) is 7.98. The number of benzene rings is 2. The van der Waals surface area contributed by atoms with Gasteiger partial charge in [0.2, 0.25) is 11.3 Å². The number of hydrogen-bond donors (Lipinski definition) is 0. The van der Waals surface area contributed by atoms with Crippen molar-refractivity contribution in [3.8, 4) is 0 Å². The van der Waals surface area contributed by atoms with Crippen molar-refractivity contribution in [2.75, 3.05) is 0 Å². The fourth-order valence-electron chi connectivity index (χ4n) is 10.3. The Morgan fingerprint density at radius 1 is 0.484 bits per heavy atom. The number of allylic oxidation sites excluding steroid dienone is 8. The summed E-state index contributed by atoms with van der Waals surface area (Å²) >= 11 is 0. The summed E-state index contributed by atoms with van der Waals surface area (Å²) in [7, 11) is 0. The highest BCUT2D eigenvalue weighted by Gasteiger charge is 2.51. The molecule has 0 spiro atoms. The van der Waals surface area contributed by atoms with Crippen molar-refractivity contribution < 1.29 is 8.83 Å². The van der Waals surface area contributed by atoms with Gasteiger partial charge in [0.25, 0.3) is 0 Å². The number of hydrogen-bond acceptors (Lipinski definition) is 12. The molecule has 5 aliphatic heterocycles. The summed E-state index contributed by atoms with van der Waals surface area (Å²) in [5, 5.41) is 0. The normalized spacial score (nSPS) is 17.4. The van der Waals surface area contributed by atoms with Crippen LogP contribution in [0, 0.1) is 0 Å². The molecule has 0 aliphatic carbocycles. The van der Waals surface area contributed by atoms with Gasteiger partial charge in [-0.1, -0.05) is 89.7 Å². The van der Waals surface area contributed by atoms with E-state index >= 15 is 0 Å². The molecule has 0 N–H and O–H groups in total. The van der Waals surface area contributed by atoms with Gasteiger partial charge in [-0.2, -0.15) is 9.97 Å². The third-order valence-electron chi connectivity index (χ3n) is 13.1. The van der Waals surface area contributed by atoms with E-state index in [1.807, 2.05) is 8.80 Å². The van der Waals surface area contributed by atoms with Gasteiger partial charge in [0, 0.05) is 35.9 Å². The molecule has 64 heavy (non-hydrogen) atoms. The Hall–Kier alpha value is -7.48. The Bertz CT molecular complexity index is 3330. The first-order valence-electron chi connectivity index (χ1n) is 21.7. The molecule has 14 nitrogen and oxygen atoms in total. The van der Waals surface area contributed by atoms with Gasteiger partial charge in [-0.15, -0.1) is 0 Å². The number of nitrogens with zero attached hydrogens (tertiary/aromatic N) is 12. The molecule has 1 saturated heterocycles. The lowest BCUT2D eigenvalue weighted by atomic mass is 9.41. The average molecular weight is 836 g/mol. The van der Waals surface area contributed by atoms with Gasteiger partial charge in [-0.05, 0) is 94.3 Å². The summed E-state index contributed by atoms with van der Waals surface area (Å²) < 4.78 is 27.2. The van der Waals surface area contributed by atoms with Crippen molar-refractivity contribution in [1.82, 2.24) is 57.6 Å². The molecule has 0 amide bonds. The van der Waals surface area contributed by atoms with Crippen LogP contribution >= 0.6 is 0 Å². The Morgan fingerprint density at radius 3 is 1.34 bits per heavy atom. The van der Waals surface area contributed by atoms with Crippen LogP contribution in [0.2, 0.25) is 0 Å². The number of aromatic nitrogens is 8. The highest BCUT2D eigenvalue weighted by Crippen LogP contribution is 2.43. The highest BCUT2D eigenvalue weighted by atomic mass is 16.4. The molecule has 1 fully saturated rings. The first kappa shape index (κ1) is 37.1.